The molecule has 0 aliphatic heterocycles. The van der Waals surface area contributed by atoms with Gasteiger partial charge < -0.3 is 15.5 Å². The lowest BCUT2D eigenvalue weighted by Gasteiger charge is -2.43. The van der Waals surface area contributed by atoms with E-state index in [1.54, 1.807) is 0 Å². The molecule has 5 nitrogen and oxygen atoms in total. The minimum atomic E-state index is -4.44. The topological polar surface area (TPSA) is 77.2 Å². The lowest BCUT2D eigenvalue weighted by atomic mass is 10.1. The van der Waals surface area contributed by atoms with Gasteiger partial charge in [0.05, 0.1) is 35.3 Å². The van der Waals surface area contributed by atoms with Gasteiger partial charge in [-0.15, -0.1) is 0 Å². The average Bonchev–Trinajstić information content (AvgIpc) is 2.93. The van der Waals surface area contributed by atoms with Crippen LogP contribution in [0.2, 0.25) is 5.04 Å². The lowest BCUT2D eigenvalue weighted by Crippen LogP contribution is -2.67. The molecule has 214 valence electrons. The van der Waals surface area contributed by atoms with Gasteiger partial charge in [0, 0.05) is 11.6 Å². The van der Waals surface area contributed by atoms with Gasteiger partial charge in [-0.05, 0) is 40.5 Å². The Morgan fingerprint density at radius 2 is 1.46 bits per heavy atom. The van der Waals surface area contributed by atoms with E-state index in [1.807, 2.05) is 43.3 Å². The number of amides is 1. The van der Waals surface area contributed by atoms with E-state index in [0.717, 1.165) is 22.5 Å². The number of carbonyl (C=O) groups excluding carboxylic acids is 1. The summed E-state index contributed by atoms with van der Waals surface area (Å²) in [5.41, 5.74) is 6.46. The first-order valence-corrected chi connectivity index (χ1v) is 15.2. The number of rotatable bonds is 8. The molecule has 3 aromatic carbocycles. The molecule has 0 radical (unpaired) electrons. The number of halogens is 3. The third-order valence-electron chi connectivity index (χ3n) is 7.03. The Kier molecular flexibility index (Phi) is 8.70. The molecule has 1 aromatic heterocycles. The molecule has 41 heavy (non-hydrogen) atoms. The van der Waals surface area contributed by atoms with E-state index in [4.69, 9.17) is 10.2 Å². The van der Waals surface area contributed by atoms with Crippen LogP contribution in [-0.4, -0.2) is 31.9 Å². The summed E-state index contributed by atoms with van der Waals surface area (Å²) in [6.45, 7) is 8.67. The quantitative estimate of drug-likeness (QED) is 0.250. The van der Waals surface area contributed by atoms with Gasteiger partial charge in [0.15, 0.2) is 0 Å². The summed E-state index contributed by atoms with van der Waals surface area (Å²) in [5, 5.41) is 5.03. The number of benzene rings is 3. The molecule has 1 heterocycles. The Morgan fingerprint density at radius 1 is 0.927 bits per heavy atom. The summed E-state index contributed by atoms with van der Waals surface area (Å²) in [5.74, 6) is -0.420. The van der Waals surface area contributed by atoms with Gasteiger partial charge in [0.25, 0.3) is 14.2 Å². The maximum Gasteiger partial charge on any atom is 0.416 e. The zero-order valence-electron chi connectivity index (χ0n) is 23.5. The average molecular weight is 578 g/mol. The van der Waals surface area contributed by atoms with Crippen LogP contribution in [-0.2, 0) is 10.6 Å². The van der Waals surface area contributed by atoms with Crippen molar-refractivity contribution in [1.29, 1.82) is 0 Å². The Morgan fingerprint density at radius 3 is 1.95 bits per heavy atom. The molecule has 4 aromatic rings. The first-order chi connectivity index (χ1) is 19.3. The van der Waals surface area contributed by atoms with Crippen molar-refractivity contribution in [3.8, 4) is 11.3 Å². The molecular formula is C32H34F3N3O2Si. The van der Waals surface area contributed by atoms with E-state index in [9.17, 15) is 18.0 Å². The number of carbonyl (C=O) groups is 1. The molecule has 1 amide bonds. The highest BCUT2D eigenvalue weighted by Crippen LogP contribution is 2.37. The van der Waals surface area contributed by atoms with Crippen LogP contribution >= 0.6 is 0 Å². The first-order valence-electron chi connectivity index (χ1n) is 13.3. The second-order valence-corrected chi connectivity index (χ2v) is 15.4. The highest BCUT2D eigenvalue weighted by atomic mass is 28.4. The van der Waals surface area contributed by atoms with Crippen molar-refractivity contribution in [2.45, 2.75) is 45.0 Å². The fraction of sp³-hybridized carbons (Fsp3) is 0.250. The Bertz CT molecular complexity index is 1430. The van der Waals surface area contributed by atoms with E-state index >= 15 is 0 Å². The highest BCUT2D eigenvalue weighted by molar-refractivity contribution is 6.99. The van der Waals surface area contributed by atoms with Crippen LogP contribution < -0.4 is 21.4 Å². The van der Waals surface area contributed by atoms with Crippen molar-refractivity contribution in [2.75, 3.05) is 12.3 Å². The highest BCUT2D eigenvalue weighted by Gasteiger charge is 2.50. The summed E-state index contributed by atoms with van der Waals surface area (Å²) in [6, 6.07) is 26.2. The maximum absolute atomic E-state index is 13.3. The standard InChI is InChI=1S/C32H34F3N3O2Si/c1-22(21-40-41(31(2,3)4,25-11-7-5-8-12-25)26-13-9-6-10-14-26)38-30(39)27-19-29(37-20-28(27)36)23-15-17-24(18-16-23)32(33,34)35/h5-20,22H,21,36H2,1-4H3,(H,38,39). The fourth-order valence-corrected chi connectivity index (χ4v) is 9.66. The van der Waals surface area contributed by atoms with Crippen LogP contribution in [0.1, 0.15) is 43.6 Å². The SMILES string of the molecule is CC(CO[Si](c1ccccc1)(c1ccccc1)C(C)(C)C)NC(=O)c1cc(-c2ccc(C(F)(F)F)cc2)ncc1N. The second-order valence-electron chi connectivity index (χ2n) is 11.1. The van der Waals surface area contributed by atoms with Crippen LogP contribution in [0.25, 0.3) is 11.3 Å². The molecule has 0 saturated carbocycles. The third kappa shape index (κ3) is 6.52. The Hall–Kier alpha value is -3.95. The number of alkyl halides is 3. The van der Waals surface area contributed by atoms with Crippen LogP contribution in [0.15, 0.2) is 97.2 Å². The fourth-order valence-electron chi connectivity index (χ4n) is 5.01. The molecule has 0 bridgehead atoms. The number of nitrogens with two attached hydrogens (primary N) is 1. The number of pyridine rings is 1. The van der Waals surface area contributed by atoms with E-state index in [-0.39, 0.29) is 28.9 Å². The number of aromatic nitrogens is 1. The third-order valence-corrected chi connectivity index (χ3v) is 12.0. The summed E-state index contributed by atoms with van der Waals surface area (Å²) < 4.78 is 45.8. The van der Waals surface area contributed by atoms with Gasteiger partial charge in [-0.3, -0.25) is 9.78 Å². The molecule has 1 unspecified atom stereocenters. The number of hydrogen-bond donors (Lipinski definition) is 2. The molecule has 0 saturated heterocycles. The number of nitrogens with zero attached hydrogens (tertiary/aromatic N) is 1. The van der Waals surface area contributed by atoms with Gasteiger partial charge in [0.2, 0.25) is 0 Å². The minimum Gasteiger partial charge on any atom is -0.405 e. The van der Waals surface area contributed by atoms with E-state index in [1.165, 1.54) is 24.4 Å². The van der Waals surface area contributed by atoms with Crippen molar-refractivity contribution in [1.82, 2.24) is 10.3 Å². The van der Waals surface area contributed by atoms with Crippen molar-refractivity contribution >= 4 is 30.3 Å². The van der Waals surface area contributed by atoms with Gasteiger partial charge in [-0.25, -0.2) is 0 Å². The summed E-state index contributed by atoms with van der Waals surface area (Å²) in [6.07, 6.45) is -3.10. The lowest BCUT2D eigenvalue weighted by molar-refractivity contribution is -0.137. The van der Waals surface area contributed by atoms with Crippen LogP contribution in [0, 0.1) is 0 Å². The van der Waals surface area contributed by atoms with Gasteiger partial charge in [-0.1, -0.05) is 93.6 Å². The summed E-state index contributed by atoms with van der Waals surface area (Å²) >= 11 is 0. The summed E-state index contributed by atoms with van der Waals surface area (Å²) in [4.78, 5) is 17.5. The van der Waals surface area contributed by atoms with Crippen molar-refractivity contribution < 1.29 is 22.4 Å². The predicted molar refractivity (Wildman–Crippen MR) is 160 cm³/mol. The van der Waals surface area contributed by atoms with E-state index in [2.05, 4.69) is 55.3 Å². The number of nitrogens with one attached hydrogen (secondary N) is 1. The van der Waals surface area contributed by atoms with Crippen LogP contribution in [0.4, 0.5) is 18.9 Å². The molecule has 1 atom stereocenters. The van der Waals surface area contributed by atoms with Crippen LogP contribution in [0.3, 0.4) is 0 Å². The molecule has 0 aliphatic carbocycles. The minimum absolute atomic E-state index is 0.165. The maximum atomic E-state index is 13.3. The van der Waals surface area contributed by atoms with E-state index < -0.39 is 26.0 Å². The number of anilines is 1. The summed E-state index contributed by atoms with van der Waals surface area (Å²) in [7, 11) is -2.79. The molecule has 0 fully saturated rings. The molecular weight excluding hydrogens is 543 g/mol. The number of hydrogen-bond acceptors (Lipinski definition) is 4. The second kappa shape index (κ2) is 11.9. The normalized spacial score (nSPS) is 13.0. The smallest absolute Gasteiger partial charge is 0.405 e. The molecule has 0 aliphatic rings. The molecule has 4 rings (SSSR count). The Balaban J connectivity index is 1.56. The van der Waals surface area contributed by atoms with Crippen molar-refractivity contribution in [2.24, 2.45) is 0 Å². The molecule has 3 N–H and O–H groups in total. The molecule has 0 spiro atoms. The monoisotopic (exact) mass is 577 g/mol. The van der Waals surface area contributed by atoms with Crippen LogP contribution in [0.5, 0.6) is 0 Å². The number of nitrogen functional groups attached to an aromatic ring is 1. The van der Waals surface area contributed by atoms with Crippen molar-refractivity contribution in [3.05, 3.63) is 108 Å². The molecule has 9 heteroatoms. The predicted octanol–water partition coefficient (Wildman–Crippen LogP) is 6.04. The first kappa shape index (κ1) is 30.0. The van der Waals surface area contributed by atoms with Crippen molar-refractivity contribution in [3.63, 3.8) is 0 Å². The van der Waals surface area contributed by atoms with Gasteiger partial charge >= 0.3 is 6.18 Å². The zero-order chi connectivity index (χ0) is 29.8. The zero-order valence-corrected chi connectivity index (χ0v) is 24.5. The largest absolute Gasteiger partial charge is 0.416 e. The Labute approximate surface area is 239 Å². The van der Waals surface area contributed by atoms with E-state index in [0.29, 0.717) is 11.3 Å². The van der Waals surface area contributed by atoms with Gasteiger partial charge in [-0.2, -0.15) is 13.2 Å². The van der Waals surface area contributed by atoms with Gasteiger partial charge in [0.1, 0.15) is 0 Å².